The summed E-state index contributed by atoms with van der Waals surface area (Å²) in [5.41, 5.74) is 1.50. The van der Waals surface area contributed by atoms with Crippen LogP contribution < -0.4 is 0 Å². The van der Waals surface area contributed by atoms with Gasteiger partial charge in [-0.3, -0.25) is 19.6 Å². The fourth-order valence-corrected chi connectivity index (χ4v) is 5.94. The van der Waals surface area contributed by atoms with E-state index in [0.29, 0.717) is 23.9 Å². The van der Waals surface area contributed by atoms with Crippen molar-refractivity contribution in [1.82, 2.24) is 0 Å². The van der Waals surface area contributed by atoms with E-state index in [1.54, 1.807) is 26.8 Å². The predicted octanol–water partition coefficient (Wildman–Crippen LogP) is 7.23. The third-order valence-electron chi connectivity index (χ3n) is 9.21. The van der Waals surface area contributed by atoms with Crippen LogP contribution >= 0.6 is 0 Å². The Balaban J connectivity index is 0.000000348. The third-order valence-corrected chi connectivity index (χ3v) is 9.21. The molecule has 0 aliphatic heterocycles. The Kier molecular flexibility index (Phi) is 13.9. The van der Waals surface area contributed by atoms with E-state index in [-0.39, 0.29) is 35.7 Å². The molecule has 45 heavy (non-hydrogen) atoms. The Morgan fingerprint density at radius 2 is 1.18 bits per heavy atom. The molecule has 0 radical (unpaired) electrons. The Hall–Kier alpha value is -2.06. The summed E-state index contributed by atoms with van der Waals surface area (Å²) in [5.74, 6) is 1.93. The van der Waals surface area contributed by atoms with E-state index in [2.05, 4.69) is 38.7 Å². The molecule has 11 heteroatoms. The summed E-state index contributed by atoms with van der Waals surface area (Å²) in [7, 11) is 0. The van der Waals surface area contributed by atoms with Crippen molar-refractivity contribution >= 4 is 17.7 Å². The van der Waals surface area contributed by atoms with Crippen molar-refractivity contribution in [3.63, 3.8) is 0 Å². The number of hydrogen-bond donors (Lipinski definition) is 1. The molecule has 0 heterocycles. The molecule has 2 saturated carbocycles. The van der Waals surface area contributed by atoms with E-state index >= 15 is 0 Å². The molecule has 4 unspecified atom stereocenters. The number of hydrogen-bond acceptors (Lipinski definition) is 10. The van der Waals surface area contributed by atoms with Gasteiger partial charge < -0.3 is 9.47 Å². The Morgan fingerprint density at radius 1 is 0.778 bits per heavy atom. The van der Waals surface area contributed by atoms with Gasteiger partial charge in [-0.05, 0) is 127 Å². The van der Waals surface area contributed by atoms with Gasteiger partial charge in [0.25, 0.3) is 0 Å². The molecule has 0 saturated heterocycles. The summed E-state index contributed by atoms with van der Waals surface area (Å²) in [4.78, 5) is 39.3. The minimum absolute atomic E-state index is 0.0370. The van der Waals surface area contributed by atoms with Crippen LogP contribution in [0, 0.1) is 45.3 Å². The molecule has 1 N–H and O–H groups in total. The summed E-state index contributed by atoms with van der Waals surface area (Å²) in [6.45, 7) is 26.2. The first-order valence-electron chi connectivity index (χ1n) is 15.5. The van der Waals surface area contributed by atoms with Crippen LogP contribution in [0.15, 0.2) is 23.3 Å². The van der Waals surface area contributed by atoms with Gasteiger partial charge in [0, 0.05) is 5.92 Å². The topological polar surface area (TPSA) is 150 Å². The standard InChI is InChI=1S/C15H22O3.C15H24O2.C4H10O2.Cr.3O/c1-14(2,3)13(17)18-8-9-6-12(16)11-7-10(9)15(11,4)5;1-14(2,3)13(16)17-9-10-6-7-11-8-12(10)15(11,4)5;1-4(2,3)6-5;;;;/h6,10-11H,7-8H2,1-5H3;6,11-12H,7-9H2,1-5H3;5H,1-3H3;;;;. The normalized spacial score (nSPS) is 25.3. The molecule has 4 atom stereocenters. The van der Waals surface area contributed by atoms with Crippen molar-refractivity contribution in [3.8, 4) is 0 Å². The van der Waals surface area contributed by atoms with E-state index in [1.807, 2.05) is 41.5 Å². The van der Waals surface area contributed by atoms with Crippen LogP contribution in [0.4, 0.5) is 0 Å². The number of allylic oxidation sites excluding steroid dienone is 2. The van der Waals surface area contributed by atoms with Gasteiger partial charge in [0.05, 0.1) is 16.4 Å². The van der Waals surface area contributed by atoms with Crippen LogP contribution in [0.2, 0.25) is 0 Å². The monoisotopic (exact) mass is 676 g/mol. The van der Waals surface area contributed by atoms with Gasteiger partial charge in [-0.15, -0.1) is 0 Å². The average molecular weight is 677 g/mol. The van der Waals surface area contributed by atoms with Crippen LogP contribution in [0.1, 0.15) is 109 Å². The molecule has 2 fully saturated rings. The fraction of sp³-hybridized carbons (Fsp3) is 0.794. The molecular weight excluding hydrogens is 620 g/mol. The molecule has 0 spiro atoms. The number of carbonyl (C=O) groups excluding carboxylic acids is 3. The molecule has 0 aromatic rings. The number of rotatable bonds is 4. The second-order valence-electron chi connectivity index (χ2n) is 16.7. The second-order valence-corrected chi connectivity index (χ2v) is 17.3. The molecule has 4 bridgehead atoms. The molecule has 6 rings (SSSR count). The maximum atomic E-state index is 11.9. The molecule has 10 nitrogen and oxygen atoms in total. The van der Waals surface area contributed by atoms with E-state index in [4.69, 9.17) is 26.1 Å². The Bertz CT molecular complexity index is 1250. The molecule has 0 aromatic heterocycles. The summed E-state index contributed by atoms with van der Waals surface area (Å²) < 4.78 is 36.4. The quantitative estimate of drug-likeness (QED) is 0.140. The molecule has 0 aromatic carbocycles. The van der Waals surface area contributed by atoms with Crippen LogP contribution in [0.25, 0.3) is 0 Å². The van der Waals surface area contributed by atoms with E-state index < -0.39 is 30.4 Å². The van der Waals surface area contributed by atoms with Crippen molar-refractivity contribution in [3.05, 3.63) is 23.3 Å². The fourth-order valence-electron chi connectivity index (χ4n) is 5.94. The summed E-state index contributed by atoms with van der Waals surface area (Å²) >= 11 is -3.79. The second kappa shape index (κ2) is 15.2. The van der Waals surface area contributed by atoms with Crippen molar-refractivity contribution < 1.29 is 59.4 Å². The molecular formula is C34H56CrO10. The van der Waals surface area contributed by atoms with Gasteiger partial charge in [0.15, 0.2) is 5.78 Å². The molecule has 6 aliphatic rings. The van der Waals surface area contributed by atoms with Crippen LogP contribution in [-0.2, 0) is 54.1 Å². The average Bonchev–Trinajstić information content (AvgIpc) is 2.88. The summed E-state index contributed by atoms with van der Waals surface area (Å²) in [6, 6.07) is 0. The molecule has 0 amide bonds. The molecule has 6 aliphatic carbocycles. The third kappa shape index (κ3) is 11.6. The van der Waals surface area contributed by atoms with E-state index in [9.17, 15) is 14.4 Å². The van der Waals surface area contributed by atoms with Crippen molar-refractivity contribution in [2.24, 2.45) is 45.3 Å². The van der Waals surface area contributed by atoms with Crippen LogP contribution in [-0.4, -0.2) is 41.8 Å². The summed E-state index contributed by atoms with van der Waals surface area (Å²) in [6.07, 6.45) is 7.35. The van der Waals surface area contributed by atoms with Crippen molar-refractivity contribution in [2.45, 2.75) is 115 Å². The van der Waals surface area contributed by atoms with Gasteiger partial charge in [-0.2, -0.15) is 0 Å². The number of carbonyl (C=O) groups is 3. The van der Waals surface area contributed by atoms with Crippen LogP contribution in [0.3, 0.4) is 0 Å². The number of ketones is 1. The van der Waals surface area contributed by atoms with Crippen molar-refractivity contribution in [2.75, 3.05) is 13.2 Å². The number of fused-ring (bicyclic) bond motifs is 2. The minimum atomic E-state index is -3.79. The number of ether oxygens (including phenoxy) is 2. The first-order valence-corrected chi connectivity index (χ1v) is 17.1. The van der Waals surface area contributed by atoms with Gasteiger partial charge in [-0.1, -0.05) is 33.8 Å². The SMILES string of the molecule is CC(C)(C)C(=O)OCC1=CC(=O)C2CC1C2(C)C.CC(C)(C)C(=O)OCC1=CCC2CC1C2(C)C.CC(C)(C)OO.[O]=[Cr](=[O])=[O]. The first-order chi connectivity index (χ1) is 20.2. The zero-order valence-corrected chi connectivity index (χ0v) is 30.8. The van der Waals surface area contributed by atoms with Crippen molar-refractivity contribution in [1.29, 1.82) is 0 Å². The predicted molar refractivity (Wildman–Crippen MR) is 163 cm³/mol. The maximum absolute atomic E-state index is 11.9. The molecule has 258 valence electrons. The van der Waals surface area contributed by atoms with Gasteiger partial charge in [0.2, 0.25) is 0 Å². The Labute approximate surface area is 273 Å². The van der Waals surface area contributed by atoms with Gasteiger partial charge >= 0.3 is 37.3 Å². The zero-order chi connectivity index (χ0) is 35.3. The first kappa shape index (κ1) is 41.0. The van der Waals surface area contributed by atoms with E-state index in [1.165, 1.54) is 12.0 Å². The zero-order valence-electron chi connectivity index (χ0n) is 29.5. The Morgan fingerprint density at radius 3 is 1.49 bits per heavy atom. The summed E-state index contributed by atoms with van der Waals surface area (Å²) in [5, 5.41) is 7.90. The van der Waals surface area contributed by atoms with Gasteiger partial charge in [0.1, 0.15) is 13.2 Å². The number of esters is 2. The van der Waals surface area contributed by atoms with Gasteiger partial charge in [-0.25, -0.2) is 4.89 Å². The van der Waals surface area contributed by atoms with Crippen LogP contribution in [0.5, 0.6) is 0 Å². The van der Waals surface area contributed by atoms with E-state index in [0.717, 1.165) is 24.3 Å².